The summed E-state index contributed by atoms with van der Waals surface area (Å²) in [7, 11) is 3.39. The van der Waals surface area contributed by atoms with Gasteiger partial charge in [0.25, 0.3) is 0 Å². The van der Waals surface area contributed by atoms with Crippen LogP contribution in [0.25, 0.3) is 0 Å². The molecule has 27 heavy (non-hydrogen) atoms. The zero-order chi connectivity index (χ0) is 18.9. The van der Waals surface area contributed by atoms with Gasteiger partial charge in [0.1, 0.15) is 11.5 Å². The van der Waals surface area contributed by atoms with E-state index in [-0.39, 0.29) is 0 Å². The Morgan fingerprint density at radius 3 is 1.56 bits per heavy atom. The Morgan fingerprint density at radius 2 is 1.11 bits per heavy atom. The summed E-state index contributed by atoms with van der Waals surface area (Å²) in [6.07, 6.45) is 1.92. The van der Waals surface area contributed by atoms with Gasteiger partial charge >= 0.3 is 0 Å². The molecule has 0 aliphatic heterocycles. The van der Waals surface area contributed by atoms with E-state index in [4.69, 9.17) is 9.47 Å². The first-order valence-electron chi connectivity index (χ1n) is 9.30. The summed E-state index contributed by atoms with van der Waals surface area (Å²) in [5, 5.41) is 3.73. The number of hydrogen-bond donors (Lipinski definition) is 1. The standard InChI is InChI=1S/C24H27NO2/c1-26-23-12-8-19(9-13-23)16-22(25-18-21-6-4-3-5-7-21)17-20-10-14-24(27-2)15-11-20/h3-15,22,25H,16-18H2,1-2H3. The second kappa shape index (κ2) is 9.79. The highest BCUT2D eigenvalue weighted by Crippen LogP contribution is 2.17. The highest BCUT2D eigenvalue weighted by Gasteiger charge is 2.11. The molecule has 140 valence electrons. The molecule has 1 N–H and O–H groups in total. The van der Waals surface area contributed by atoms with Crippen molar-refractivity contribution >= 4 is 0 Å². The molecule has 0 unspecified atom stereocenters. The molecule has 0 saturated heterocycles. The molecule has 0 aliphatic rings. The van der Waals surface area contributed by atoms with Gasteiger partial charge in [0.05, 0.1) is 14.2 Å². The lowest BCUT2D eigenvalue weighted by Crippen LogP contribution is -2.32. The Bertz CT molecular complexity index is 749. The maximum Gasteiger partial charge on any atom is 0.118 e. The zero-order valence-electron chi connectivity index (χ0n) is 16.0. The first-order chi connectivity index (χ1) is 13.3. The van der Waals surface area contributed by atoms with E-state index < -0.39 is 0 Å². The molecule has 0 fully saturated rings. The molecule has 0 bridgehead atoms. The lowest BCUT2D eigenvalue weighted by Gasteiger charge is -2.20. The van der Waals surface area contributed by atoms with Crippen molar-refractivity contribution in [3.05, 3.63) is 95.6 Å². The van der Waals surface area contributed by atoms with Gasteiger partial charge in [-0.3, -0.25) is 0 Å². The molecular formula is C24H27NO2. The van der Waals surface area contributed by atoms with E-state index in [2.05, 4.69) is 59.9 Å². The number of ether oxygens (including phenoxy) is 2. The molecule has 3 heteroatoms. The van der Waals surface area contributed by atoms with Gasteiger partial charge in [-0.25, -0.2) is 0 Å². The van der Waals surface area contributed by atoms with Crippen LogP contribution >= 0.6 is 0 Å². The van der Waals surface area contributed by atoms with Crippen LogP contribution in [0.4, 0.5) is 0 Å². The molecule has 0 spiro atoms. The predicted octanol–water partition coefficient (Wildman–Crippen LogP) is 4.65. The van der Waals surface area contributed by atoms with Crippen LogP contribution in [-0.2, 0) is 19.4 Å². The molecule has 0 aliphatic carbocycles. The summed E-state index contributed by atoms with van der Waals surface area (Å²) in [6.45, 7) is 0.859. The largest absolute Gasteiger partial charge is 0.497 e. The van der Waals surface area contributed by atoms with E-state index in [0.29, 0.717) is 6.04 Å². The molecule has 3 rings (SSSR count). The molecule has 0 atom stereocenters. The zero-order valence-corrected chi connectivity index (χ0v) is 16.0. The number of benzene rings is 3. The minimum atomic E-state index is 0.340. The molecule has 3 aromatic rings. The normalized spacial score (nSPS) is 10.8. The van der Waals surface area contributed by atoms with Crippen LogP contribution in [0.5, 0.6) is 11.5 Å². The van der Waals surface area contributed by atoms with Gasteiger partial charge < -0.3 is 14.8 Å². The average Bonchev–Trinajstić information content (AvgIpc) is 2.74. The Kier molecular flexibility index (Phi) is 6.89. The van der Waals surface area contributed by atoms with E-state index in [1.54, 1.807) is 14.2 Å². The van der Waals surface area contributed by atoms with Crippen molar-refractivity contribution in [1.29, 1.82) is 0 Å². The first kappa shape index (κ1) is 19.0. The highest BCUT2D eigenvalue weighted by molar-refractivity contribution is 5.30. The number of nitrogens with one attached hydrogen (secondary N) is 1. The van der Waals surface area contributed by atoms with Gasteiger partial charge in [0, 0.05) is 12.6 Å². The molecule has 0 heterocycles. The van der Waals surface area contributed by atoms with Gasteiger partial charge in [-0.15, -0.1) is 0 Å². The second-order valence-electron chi connectivity index (χ2n) is 6.67. The van der Waals surface area contributed by atoms with Crippen molar-refractivity contribution in [2.75, 3.05) is 14.2 Å². The number of methoxy groups -OCH3 is 2. The molecular weight excluding hydrogens is 334 g/mol. The van der Waals surface area contributed by atoms with E-state index in [1.165, 1.54) is 16.7 Å². The van der Waals surface area contributed by atoms with Crippen LogP contribution in [0, 0.1) is 0 Å². The van der Waals surface area contributed by atoms with Crippen molar-refractivity contribution in [3.8, 4) is 11.5 Å². The third-order valence-corrected chi connectivity index (χ3v) is 4.72. The Labute approximate surface area is 162 Å². The highest BCUT2D eigenvalue weighted by atomic mass is 16.5. The van der Waals surface area contributed by atoms with Crippen LogP contribution in [0.1, 0.15) is 16.7 Å². The average molecular weight is 361 g/mol. The molecule has 3 nitrogen and oxygen atoms in total. The van der Waals surface area contributed by atoms with Crippen LogP contribution in [0.2, 0.25) is 0 Å². The maximum absolute atomic E-state index is 5.27. The minimum absolute atomic E-state index is 0.340. The van der Waals surface area contributed by atoms with Crippen LogP contribution < -0.4 is 14.8 Å². The molecule has 3 aromatic carbocycles. The van der Waals surface area contributed by atoms with Crippen molar-refractivity contribution in [2.45, 2.75) is 25.4 Å². The molecule has 0 amide bonds. The molecule has 0 aromatic heterocycles. The fraction of sp³-hybridized carbons (Fsp3) is 0.250. The fourth-order valence-corrected chi connectivity index (χ4v) is 3.17. The monoisotopic (exact) mass is 361 g/mol. The van der Waals surface area contributed by atoms with Gasteiger partial charge in [-0.2, -0.15) is 0 Å². The SMILES string of the molecule is COc1ccc(CC(Cc2ccc(OC)cc2)NCc2ccccc2)cc1. The summed E-state index contributed by atoms with van der Waals surface area (Å²) in [5.41, 5.74) is 3.90. The predicted molar refractivity (Wildman–Crippen MR) is 110 cm³/mol. The summed E-state index contributed by atoms with van der Waals surface area (Å²) >= 11 is 0. The van der Waals surface area contributed by atoms with Gasteiger partial charge in [0.2, 0.25) is 0 Å². The summed E-state index contributed by atoms with van der Waals surface area (Å²) in [5.74, 6) is 1.78. The fourth-order valence-electron chi connectivity index (χ4n) is 3.17. The summed E-state index contributed by atoms with van der Waals surface area (Å²) in [4.78, 5) is 0. The van der Waals surface area contributed by atoms with E-state index in [1.807, 2.05) is 24.3 Å². The molecule has 0 saturated carbocycles. The number of hydrogen-bond acceptors (Lipinski definition) is 3. The minimum Gasteiger partial charge on any atom is -0.497 e. The summed E-state index contributed by atoms with van der Waals surface area (Å²) < 4.78 is 10.5. The Hall–Kier alpha value is -2.78. The topological polar surface area (TPSA) is 30.5 Å². The van der Waals surface area contributed by atoms with Gasteiger partial charge in [0.15, 0.2) is 0 Å². The Morgan fingerprint density at radius 1 is 0.630 bits per heavy atom. The lowest BCUT2D eigenvalue weighted by atomic mass is 9.98. The van der Waals surface area contributed by atoms with E-state index in [9.17, 15) is 0 Å². The van der Waals surface area contributed by atoms with E-state index >= 15 is 0 Å². The Balaban J connectivity index is 1.69. The quantitative estimate of drug-likeness (QED) is 0.602. The van der Waals surface area contributed by atoms with Crippen molar-refractivity contribution < 1.29 is 9.47 Å². The smallest absolute Gasteiger partial charge is 0.118 e. The summed E-state index contributed by atoms with van der Waals surface area (Å²) in [6, 6.07) is 27.5. The van der Waals surface area contributed by atoms with Gasteiger partial charge in [-0.1, -0.05) is 54.6 Å². The number of rotatable bonds is 9. The third-order valence-electron chi connectivity index (χ3n) is 4.72. The second-order valence-corrected chi connectivity index (χ2v) is 6.67. The van der Waals surface area contributed by atoms with Crippen molar-refractivity contribution in [2.24, 2.45) is 0 Å². The van der Waals surface area contributed by atoms with Crippen molar-refractivity contribution in [3.63, 3.8) is 0 Å². The third kappa shape index (κ3) is 5.87. The lowest BCUT2D eigenvalue weighted by molar-refractivity contribution is 0.414. The van der Waals surface area contributed by atoms with Crippen LogP contribution in [0.15, 0.2) is 78.9 Å². The van der Waals surface area contributed by atoms with Crippen molar-refractivity contribution in [1.82, 2.24) is 5.32 Å². The van der Waals surface area contributed by atoms with Crippen LogP contribution in [0.3, 0.4) is 0 Å². The molecule has 0 radical (unpaired) electrons. The van der Waals surface area contributed by atoms with Gasteiger partial charge in [-0.05, 0) is 53.8 Å². The van der Waals surface area contributed by atoms with Crippen LogP contribution in [-0.4, -0.2) is 20.3 Å². The maximum atomic E-state index is 5.27. The van der Waals surface area contributed by atoms with E-state index in [0.717, 1.165) is 30.9 Å². The first-order valence-corrected chi connectivity index (χ1v) is 9.30.